The van der Waals surface area contributed by atoms with Crippen LogP contribution < -0.4 is 20.9 Å². The van der Waals surface area contributed by atoms with Gasteiger partial charge in [-0.2, -0.15) is 0 Å². The van der Waals surface area contributed by atoms with Gasteiger partial charge in [-0.25, -0.2) is 4.98 Å². The van der Waals surface area contributed by atoms with E-state index in [2.05, 4.69) is 26.1 Å². The Morgan fingerprint density at radius 3 is 2.47 bits per heavy atom. The predicted octanol–water partition coefficient (Wildman–Crippen LogP) is 5.02. The molecule has 2 aromatic heterocycles. The Hall–Kier alpha value is -4.43. The molecule has 0 fully saturated rings. The summed E-state index contributed by atoms with van der Waals surface area (Å²) in [5, 5.41) is 5.17. The number of amides is 1. The Kier molecular flexibility index (Phi) is 5.80. The Morgan fingerprint density at radius 1 is 0.912 bits per heavy atom. The standard InChI is InChI=1S/C26H21N5O2S/c1-33-22-14-8-7-13-20(22)29-26(34)31-30-25(32)21-15-18-17-11-5-6-12-19(17)27-24(18)23(28-21)16-9-3-2-4-10-16/h2-15,27H,1H3,(H,30,32)(H2,29,31,34). The molecule has 0 saturated carbocycles. The lowest BCUT2D eigenvalue weighted by molar-refractivity contribution is 0.0939. The van der Waals surface area contributed by atoms with Gasteiger partial charge in [0.25, 0.3) is 5.91 Å². The van der Waals surface area contributed by atoms with Gasteiger partial charge in [0.15, 0.2) is 5.11 Å². The molecule has 1 amide bonds. The SMILES string of the molecule is COc1ccccc1NC(=S)NNC(=O)c1cc2c([nH]c3ccccc32)c(-c2ccccc2)n1. The van der Waals surface area contributed by atoms with E-state index >= 15 is 0 Å². The maximum atomic E-state index is 13.1. The minimum Gasteiger partial charge on any atom is -0.495 e. The maximum Gasteiger partial charge on any atom is 0.288 e. The van der Waals surface area contributed by atoms with Gasteiger partial charge in [-0.05, 0) is 36.5 Å². The Bertz CT molecular complexity index is 1510. The zero-order valence-corrected chi connectivity index (χ0v) is 19.1. The highest BCUT2D eigenvalue weighted by molar-refractivity contribution is 7.80. The van der Waals surface area contributed by atoms with Crippen molar-refractivity contribution in [3.05, 3.63) is 90.6 Å². The monoisotopic (exact) mass is 467 g/mol. The van der Waals surface area contributed by atoms with Crippen molar-refractivity contribution in [2.75, 3.05) is 12.4 Å². The number of thiocarbonyl (C=S) groups is 1. The van der Waals surface area contributed by atoms with Crippen LogP contribution in [0.5, 0.6) is 5.75 Å². The first kappa shape index (κ1) is 21.4. The first-order valence-electron chi connectivity index (χ1n) is 10.6. The van der Waals surface area contributed by atoms with Crippen molar-refractivity contribution in [1.82, 2.24) is 20.8 Å². The molecule has 5 aromatic rings. The van der Waals surface area contributed by atoms with Gasteiger partial charge in [0.05, 0.1) is 24.0 Å². The summed E-state index contributed by atoms with van der Waals surface area (Å²) < 4.78 is 5.31. The van der Waals surface area contributed by atoms with Crippen molar-refractivity contribution < 1.29 is 9.53 Å². The number of hydrogen-bond acceptors (Lipinski definition) is 4. The van der Waals surface area contributed by atoms with Gasteiger partial charge in [-0.3, -0.25) is 15.6 Å². The molecule has 3 aromatic carbocycles. The number of aromatic amines is 1. The number of hydrazine groups is 1. The number of ether oxygens (including phenoxy) is 1. The van der Waals surface area contributed by atoms with Gasteiger partial charge < -0.3 is 15.0 Å². The molecule has 34 heavy (non-hydrogen) atoms. The summed E-state index contributed by atoms with van der Waals surface area (Å²) in [4.78, 5) is 21.2. The van der Waals surface area contributed by atoms with Crippen LogP contribution in [0.15, 0.2) is 84.9 Å². The zero-order valence-electron chi connectivity index (χ0n) is 18.3. The molecule has 8 heteroatoms. The fourth-order valence-corrected chi connectivity index (χ4v) is 4.01. The Labute approximate surface area is 201 Å². The van der Waals surface area contributed by atoms with Crippen molar-refractivity contribution in [2.45, 2.75) is 0 Å². The molecule has 0 saturated heterocycles. The molecule has 0 atom stereocenters. The van der Waals surface area contributed by atoms with Crippen LogP contribution in [-0.4, -0.2) is 28.1 Å². The predicted molar refractivity (Wildman–Crippen MR) is 139 cm³/mol. The second-order valence-electron chi connectivity index (χ2n) is 7.55. The van der Waals surface area contributed by atoms with Crippen LogP contribution in [-0.2, 0) is 0 Å². The van der Waals surface area contributed by atoms with Crippen molar-refractivity contribution >= 4 is 50.7 Å². The molecule has 2 heterocycles. The number of carbonyl (C=O) groups is 1. The van der Waals surface area contributed by atoms with Gasteiger partial charge in [-0.1, -0.05) is 60.7 Å². The van der Waals surface area contributed by atoms with E-state index in [0.29, 0.717) is 17.1 Å². The summed E-state index contributed by atoms with van der Waals surface area (Å²) in [6, 6.07) is 26.9. The topological polar surface area (TPSA) is 91.1 Å². The quantitative estimate of drug-likeness (QED) is 0.219. The number of methoxy groups -OCH3 is 1. The maximum absolute atomic E-state index is 13.1. The number of anilines is 1. The lowest BCUT2D eigenvalue weighted by Crippen LogP contribution is -2.44. The van der Waals surface area contributed by atoms with E-state index in [1.807, 2.05) is 78.9 Å². The van der Waals surface area contributed by atoms with Crippen molar-refractivity contribution in [1.29, 1.82) is 0 Å². The largest absolute Gasteiger partial charge is 0.495 e. The molecule has 0 bridgehead atoms. The van der Waals surface area contributed by atoms with Crippen molar-refractivity contribution in [2.24, 2.45) is 0 Å². The fourth-order valence-electron chi connectivity index (χ4n) is 3.85. The van der Waals surface area contributed by atoms with Crippen LogP contribution in [0.2, 0.25) is 0 Å². The molecule has 0 spiro atoms. The van der Waals surface area contributed by atoms with Crippen LogP contribution in [0.3, 0.4) is 0 Å². The van der Waals surface area contributed by atoms with Crippen LogP contribution in [0.1, 0.15) is 10.5 Å². The van der Waals surface area contributed by atoms with Crippen molar-refractivity contribution in [3.8, 4) is 17.0 Å². The van der Waals surface area contributed by atoms with Gasteiger partial charge in [-0.15, -0.1) is 0 Å². The highest BCUT2D eigenvalue weighted by Gasteiger charge is 2.17. The molecular weight excluding hydrogens is 446 g/mol. The van der Waals surface area contributed by atoms with Gasteiger partial charge >= 0.3 is 0 Å². The second-order valence-corrected chi connectivity index (χ2v) is 7.96. The molecule has 0 aliphatic rings. The van der Waals surface area contributed by atoms with E-state index in [-0.39, 0.29) is 10.8 Å². The van der Waals surface area contributed by atoms with E-state index in [9.17, 15) is 4.79 Å². The first-order chi connectivity index (χ1) is 16.6. The molecule has 7 nitrogen and oxygen atoms in total. The highest BCUT2D eigenvalue weighted by atomic mass is 32.1. The molecule has 0 aliphatic heterocycles. The Balaban J connectivity index is 1.44. The molecule has 4 N–H and O–H groups in total. The van der Waals surface area contributed by atoms with Crippen LogP contribution in [0.4, 0.5) is 5.69 Å². The number of aromatic nitrogens is 2. The van der Waals surface area contributed by atoms with Crippen LogP contribution in [0, 0.1) is 0 Å². The number of pyridine rings is 1. The first-order valence-corrected chi connectivity index (χ1v) is 11.0. The Morgan fingerprint density at radius 2 is 1.65 bits per heavy atom. The van der Waals surface area contributed by atoms with Gasteiger partial charge in [0.2, 0.25) is 0 Å². The van der Waals surface area contributed by atoms with E-state index in [0.717, 1.165) is 27.4 Å². The normalized spacial score (nSPS) is 10.7. The summed E-state index contributed by atoms with van der Waals surface area (Å²) in [6.45, 7) is 0. The number of fused-ring (bicyclic) bond motifs is 3. The van der Waals surface area contributed by atoms with Gasteiger partial charge in [0.1, 0.15) is 11.4 Å². The molecule has 5 rings (SSSR count). The number of carbonyl (C=O) groups excluding carboxylic acids is 1. The van der Waals surface area contributed by atoms with Crippen molar-refractivity contribution in [3.63, 3.8) is 0 Å². The fraction of sp³-hybridized carbons (Fsp3) is 0.0385. The zero-order chi connectivity index (χ0) is 23.5. The lowest BCUT2D eigenvalue weighted by atomic mass is 10.1. The smallest absolute Gasteiger partial charge is 0.288 e. The number of nitrogens with one attached hydrogen (secondary N) is 4. The van der Waals surface area contributed by atoms with E-state index in [1.165, 1.54) is 0 Å². The summed E-state index contributed by atoms with van der Waals surface area (Å²) in [5.41, 5.74) is 9.80. The number of rotatable bonds is 4. The second kappa shape index (κ2) is 9.21. The molecule has 0 radical (unpaired) electrons. The molecule has 0 unspecified atom stereocenters. The summed E-state index contributed by atoms with van der Waals surface area (Å²) in [7, 11) is 1.58. The minimum absolute atomic E-state index is 0.217. The summed E-state index contributed by atoms with van der Waals surface area (Å²) >= 11 is 5.32. The molecule has 0 aliphatic carbocycles. The number of benzene rings is 3. The average molecular weight is 468 g/mol. The van der Waals surface area contributed by atoms with Gasteiger partial charge in [0, 0.05) is 21.9 Å². The van der Waals surface area contributed by atoms with E-state index in [1.54, 1.807) is 13.2 Å². The summed E-state index contributed by atoms with van der Waals surface area (Å²) in [6.07, 6.45) is 0. The molecule has 168 valence electrons. The van der Waals surface area contributed by atoms with Crippen LogP contribution in [0.25, 0.3) is 33.1 Å². The third-order valence-electron chi connectivity index (χ3n) is 5.42. The average Bonchev–Trinajstić information content (AvgIpc) is 3.26. The van der Waals surface area contributed by atoms with E-state index < -0.39 is 5.91 Å². The number of hydrogen-bond donors (Lipinski definition) is 4. The number of H-pyrrole nitrogens is 1. The third-order valence-corrected chi connectivity index (χ3v) is 5.63. The van der Waals surface area contributed by atoms with Crippen LogP contribution >= 0.6 is 12.2 Å². The molecular formula is C26H21N5O2S. The minimum atomic E-state index is -0.409. The van der Waals surface area contributed by atoms with E-state index in [4.69, 9.17) is 17.0 Å². The number of para-hydroxylation sites is 3. The lowest BCUT2D eigenvalue weighted by Gasteiger charge is -2.14. The third kappa shape index (κ3) is 4.14. The highest BCUT2D eigenvalue weighted by Crippen LogP contribution is 2.32. The summed E-state index contributed by atoms with van der Waals surface area (Å²) in [5.74, 6) is 0.227. The number of nitrogens with zero attached hydrogens (tertiary/aromatic N) is 1.